The minimum Gasteiger partial charge on any atom is -0.550 e. The van der Waals surface area contributed by atoms with Crippen LogP contribution >= 0.6 is 0 Å². The van der Waals surface area contributed by atoms with E-state index in [1.165, 1.54) is 0 Å². The van der Waals surface area contributed by atoms with Gasteiger partial charge < -0.3 is 55.1 Å². The number of ether oxygens (including phenoxy) is 3. The van der Waals surface area contributed by atoms with Crippen LogP contribution < -0.4 is 18.9 Å². The Balaban J connectivity index is -0.0000000648. The maximum Gasteiger partial charge on any atom is 0.422 e. The van der Waals surface area contributed by atoms with Crippen LogP contribution in [-0.2, 0) is 157 Å². The molecule has 1 fully saturated rings. The Morgan fingerprint density at radius 1 is 0.840 bits per heavy atom. The Bertz CT molecular complexity index is 1170. The van der Waals surface area contributed by atoms with Gasteiger partial charge in [-0.15, -0.1) is 0 Å². The van der Waals surface area contributed by atoms with Crippen molar-refractivity contribution >= 4 is 54.6 Å². The Kier molecular flexibility index (Phi) is 61.0. The van der Waals surface area contributed by atoms with Crippen LogP contribution in [0.25, 0.3) is 9.86 Å². The number of hydrogen-bond donors (Lipinski definition) is 4. The number of nitrogens with one attached hydrogen (secondary N) is 5. The largest absolute Gasteiger partial charge is 0.550 e. The van der Waals surface area contributed by atoms with E-state index in [1.54, 1.807) is 44.1 Å². The Morgan fingerprint density at radius 2 is 1.18 bits per heavy atom. The number of esters is 2. The summed E-state index contributed by atoms with van der Waals surface area (Å²) >= 11 is 0. The first-order valence-corrected chi connectivity index (χ1v) is 18.0. The van der Waals surface area contributed by atoms with E-state index in [0.717, 1.165) is 19.3 Å². The number of carbonyl (C=O) groups is 4. The van der Waals surface area contributed by atoms with E-state index in [-0.39, 0.29) is 123 Å². The summed E-state index contributed by atoms with van der Waals surface area (Å²) in [6.07, 6.45) is 1.87. The van der Waals surface area contributed by atoms with Crippen molar-refractivity contribution in [3.8, 4) is 0 Å². The first kappa shape index (κ1) is 72.0. The van der Waals surface area contributed by atoms with Crippen molar-refractivity contribution in [1.82, 2.24) is 18.9 Å². The number of carbonyl (C=O) groups excluding carboxylic acids is 4. The number of rotatable bonds is 9. The zero-order valence-corrected chi connectivity index (χ0v) is 41.0. The van der Waals surface area contributed by atoms with Gasteiger partial charge in [0.2, 0.25) is 0 Å². The zero-order valence-electron chi connectivity index (χ0n) is 30.0. The maximum absolute atomic E-state index is 11.3. The van der Waals surface area contributed by atoms with Crippen molar-refractivity contribution in [3.63, 3.8) is 0 Å². The minimum absolute atomic E-state index is 0. The second kappa shape index (κ2) is 42.4. The molecule has 0 unspecified atom stereocenters. The van der Waals surface area contributed by atoms with Gasteiger partial charge in [-0.25, -0.2) is 35.8 Å². The molecule has 3 radical (unpaired) electrons. The molecule has 0 bridgehead atoms. The summed E-state index contributed by atoms with van der Waals surface area (Å²) in [5, 5.41) is 6.31. The molecule has 1 rings (SSSR count). The average molecular weight is 1010 g/mol. The third-order valence-corrected chi connectivity index (χ3v) is 5.11. The van der Waals surface area contributed by atoms with E-state index >= 15 is 0 Å². The van der Waals surface area contributed by atoms with E-state index in [9.17, 15) is 44.4 Å². The molecule has 2 amide bonds. The standard InChI is InChI=1S/C9H18N2O6S.C4H9N2O4S.3C3H7.C2H4N2O3S.H2O.3Y/c1-5-16-7(12)6-10-18(14,15)11-8(13)17-9(2,3)4;1-2-10-4(7)3-6-11(5,8)9;3*1-3-2;5-2-1-3-8(6,7)4-2;;;;/h10H,5-6H2,1-4H3,(H,11,13);6H,2-3H2,1H3,(H-,5,8,9);3*1,3H2,2H3;3H,1H2,(H,4,5);1H2;;;/q;4*-1;;;;;/p-1. The SMILES string of the molecule is CCOC(=O)CNS(=O)(=O)NC(=O)OC(C)(C)C.CCOC(=O)CNS([NH-])(=O)=O.O.O=C1CNS(=O)(=O)[N-]1.[CH2-]CC.[CH2-]CC.[CH2-]CC.[Y].[Y].[Y]. The van der Waals surface area contributed by atoms with Crippen LogP contribution in [0, 0.1) is 20.8 Å². The van der Waals surface area contributed by atoms with Crippen molar-refractivity contribution < 1.29 is 162 Å². The van der Waals surface area contributed by atoms with E-state index in [2.05, 4.69) is 35.0 Å². The first-order valence-electron chi connectivity index (χ1n) is 13.5. The van der Waals surface area contributed by atoms with Crippen LogP contribution in [-0.4, -0.2) is 93.1 Å². The molecule has 295 valence electrons. The first-order chi connectivity index (χ1) is 20.9. The molecular formula is C24H53N6O14S3Y3-5. The normalized spacial score (nSPS) is 11.8. The van der Waals surface area contributed by atoms with Crippen molar-refractivity contribution in [1.29, 1.82) is 0 Å². The smallest absolute Gasteiger partial charge is 0.422 e. The van der Waals surface area contributed by atoms with E-state index in [0.29, 0.717) is 0 Å². The molecule has 7 N–H and O–H groups in total. The van der Waals surface area contributed by atoms with Crippen molar-refractivity contribution in [3.05, 3.63) is 30.6 Å². The summed E-state index contributed by atoms with van der Waals surface area (Å²) < 4.78 is 86.5. The van der Waals surface area contributed by atoms with Gasteiger partial charge in [-0.05, 0) is 34.6 Å². The molecule has 0 aromatic heterocycles. The van der Waals surface area contributed by atoms with Gasteiger partial charge in [-0.2, -0.15) is 32.4 Å². The Labute approximate surface area is 375 Å². The van der Waals surface area contributed by atoms with Gasteiger partial charge in [-0.1, -0.05) is 20.8 Å². The molecule has 1 saturated heterocycles. The summed E-state index contributed by atoms with van der Waals surface area (Å²) in [4.78, 5) is 42.6. The summed E-state index contributed by atoms with van der Waals surface area (Å²) in [6.45, 7) is 23.5. The number of hydrogen-bond acceptors (Lipinski definition) is 13. The molecule has 1 heterocycles. The molecule has 0 aromatic rings. The van der Waals surface area contributed by atoms with Crippen LogP contribution in [0.15, 0.2) is 0 Å². The summed E-state index contributed by atoms with van der Waals surface area (Å²) in [6, 6.07) is 0. The van der Waals surface area contributed by atoms with E-state index < -0.39 is 73.3 Å². The molecule has 0 saturated carbocycles. The van der Waals surface area contributed by atoms with Crippen LogP contribution in [0.3, 0.4) is 0 Å². The van der Waals surface area contributed by atoms with Gasteiger partial charge in [0, 0.05) is 98.1 Å². The second-order valence-electron chi connectivity index (χ2n) is 8.64. The van der Waals surface area contributed by atoms with Crippen LogP contribution in [0.5, 0.6) is 0 Å². The molecule has 1 aliphatic rings. The fraction of sp³-hybridized carbons (Fsp3) is 0.708. The molecule has 1 aliphatic heterocycles. The summed E-state index contributed by atoms with van der Waals surface area (Å²) in [5.41, 5.74) is -0.819. The predicted octanol–water partition coefficient (Wildman–Crippen LogP) is 0.939. The van der Waals surface area contributed by atoms with Crippen molar-refractivity contribution in [2.24, 2.45) is 0 Å². The molecule has 0 aliphatic carbocycles. The van der Waals surface area contributed by atoms with E-state index in [4.69, 9.17) is 9.88 Å². The van der Waals surface area contributed by atoms with Crippen LogP contribution in [0.4, 0.5) is 4.79 Å². The van der Waals surface area contributed by atoms with Gasteiger partial charge in [0.15, 0.2) is 10.2 Å². The quantitative estimate of drug-likeness (QED) is 0.142. The maximum atomic E-state index is 11.3. The fourth-order valence-corrected chi connectivity index (χ4v) is 3.18. The third-order valence-electron chi connectivity index (χ3n) is 2.67. The van der Waals surface area contributed by atoms with E-state index in [1.807, 2.05) is 30.2 Å². The zero-order chi connectivity index (χ0) is 37.6. The Morgan fingerprint density at radius 3 is 1.40 bits per heavy atom. The topological polar surface area (TPSA) is 316 Å². The molecule has 0 aromatic carbocycles. The molecule has 50 heavy (non-hydrogen) atoms. The van der Waals surface area contributed by atoms with Crippen LogP contribution in [0.2, 0.25) is 0 Å². The molecule has 20 nitrogen and oxygen atoms in total. The monoisotopic (exact) mass is 1010 g/mol. The molecular weight excluding hydrogens is 959 g/mol. The van der Waals surface area contributed by atoms with Gasteiger partial charge in [-0.3, -0.25) is 9.59 Å². The van der Waals surface area contributed by atoms with Gasteiger partial charge in [0.05, 0.1) is 25.7 Å². The molecule has 26 heteroatoms. The Hall–Kier alpha value is 0.642. The van der Waals surface area contributed by atoms with Crippen molar-refractivity contribution in [2.75, 3.05) is 32.8 Å². The average Bonchev–Trinajstić information content (AvgIpc) is 3.18. The predicted molar refractivity (Wildman–Crippen MR) is 177 cm³/mol. The number of amides is 2. The third kappa shape index (κ3) is 70.3. The van der Waals surface area contributed by atoms with Crippen molar-refractivity contribution in [2.45, 2.75) is 80.3 Å². The minimum atomic E-state index is -4.14. The van der Waals surface area contributed by atoms with Crippen LogP contribution in [0.1, 0.15) is 74.7 Å². The van der Waals surface area contributed by atoms with Gasteiger partial charge in [0.1, 0.15) is 28.9 Å². The van der Waals surface area contributed by atoms with Gasteiger partial charge in [0.25, 0.3) is 0 Å². The summed E-state index contributed by atoms with van der Waals surface area (Å²) in [5.74, 6) is -2.07. The molecule has 0 spiro atoms. The summed E-state index contributed by atoms with van der Waals surface area (Å²) in [7, 11) is -11.8. The number of nitrogens with zero attached hydrogens (tertiary/aromatic N) is 1. The molecule has 0 atom stereocenters. The fourth-order valence-electron chi connectivity index (χ4n) is 1.53. The second-order valence-corrected chi connectivity index (χ2v) is 12.9. The van der Waals surface area contributed by atoms with Gasteiger partial charge >= 0.3 is 28.2 Å².